The van der Waals surface area contributed by atoms with Gasteiger partial charge in [-0.25, -0.2) is 0 Å². The predicted octanol–water partition coefficient (Wildman–Crippen LogP) is 2.57. The number of benzene rings is 2. The van der Waals surface area contributed by atoms with E-state index in [0.717, 1.165) is 18.1 Å². The van der Waals surface area contributed by atoms with E-state index in [9.17, 15) is 24.8 Å². The highest BCUT2D eigenvalue weighted by molar-refractivity contribution is 6.09. The first kappa shape index (κ1) is 16.8. The molecule has 0 bridgehead atoms. The summed E-state index contributed by atoms with van der Waals surface area (Å²) in [5, 5.41) is 24.3. The quantitative estimate of drug-likeness (QED) is 0.494. The van der Waals surface area contributed by atoms with Gasteiger partial charge in [-0.15, -0.1) is 0 Å². The Labute approximate surface area is 143 Å². The van der Waals surface area contributed by atoms with Gasteiger partial charge in [0.25, 0.3) is 11.6 Å². The van der Waals surface area contributed by atoms with Gasteiger partial charge in [0.05, 0.1) is 11.3 Å². The monoisotopic (exact) mass is 340 g/mol. The molecule has 2 aromatic rings. The van der Waals surface area contributed by atoms with Crippen molar-refractivity contribution in [2.24, 2.45) is 0 Å². The van der Waals surface area contributed by atoms with Crippen LogP contribution in [0.3, 0.4) is 0 Å². The van der Waals surface area contributed by atoms with Crippen molar-refractivity contribution in [2.75, 3.05) is 5.32 Å². The lowest BCUT2D eigenvalue weighted by Gasteiger charge is -2.20. The lowest BCUT2D eigenvalue weighted by atomic mass is 9.87. The Morgan fingerprint density at radius 1 is 1.28 bits per heavy atom. The molecule has 0 fully saturated rings. The molecule has 0 radical (unpaired) electrons. The second-order valence-corrected chi connectivity index (χ2v) is 5.96. The third-order valence-electron chi connectivity index (χ3n) is 4.36. The molecular formula is C18H16N2O5. The molecule has 0 saturated carbocycles. The number of nitro benzene ring substituents is 1. The van der Waals surface area contributed by atoms with Gasteiger partial charge in [-0.2, -0.15) is 0 Å². The zero-order valence-electron chi connectivity index (χ0n) is 13.5. The first-order valence-corrected chi connectivity index (χ1v) is 7.80. The van der Waals surface area contributed by atoms with Crippen molar-refractivity contribution in [3.63, 3.8) is 0 Å². The molecule has 1 heterocycles. The summed E-state index contributed by atoms with van der Waals surface area (Å²) in [4.78, 5) is 35.1. The lowest BCUT2D eigenvalue weighted by molar-refractivity contribution is -0.384. The average Bonchev–Trinajstić information content (AvgIpc) is 2.85. The van der Waals surface area contributed by atoms with E-state index in [2.05, 4.69) is 5.32 Å². The van der Waals surface area contributed by atoms with E-state index < -0.39 is 28.6 Å². The van der Waals surface area contributed by atoms with Gasteiger partial charge in [0.15, 0.2) is 11.4 Å². The maximum Gasteiger partial charge on any atom is 0.270 e. The molecule has 1 aliphatic heterocycles. The van der Waals surface area contributed by atoms with E-state index in [0.29, 0.717) is 11.3 Å². The first-order valence-electron chi connectivity index (χ1n) is 7.80. The number of aliphatic hydroxyl groups is 1. The van der Waals surface area contributed by atoms with Crippen molar-refractivity contribution in [1.29, 1.82) is 0 Å². The van der Waals surface area contributed by atoms with Gasteiger partial charge < -0.3 is 10.4 Å². The summed E-state index contributed by atoms with van der Waals surface area (Å²) >= 11 is 0. The third kappa shape index (κ3) is 2.89. The second-order valence-electron chi connectivity index (χ2n) is 5.96. The standard InChI is InChI=1S/C18H16N2O5/c1-2-11-6-7-15-14(8-11)18(23,17(22)19-15)10-16(21)12-4-3-5-13(9-12)20(24)25/h3-9,23H,2,10H2,1H3,(H,19,22). The molecule has 3 rings (SSSR count). The molecule has 1 unspecified atom stereocenters. The fourth-order valence-electron chi connectivity index (χ4n) is 2.91. The number of rotatable bonds is 5. The summed E-state index contributed by atoms with van der Waals surface area (Å²) < 4.78 is 0. The fraction of sp³-hybridized carbons (Fsp3) is 0.222. The van der Waals surface area contributed by atoms with Crippen molar-refractivity contribution < 1.29 is 19.6 Å². The third-order valence-corrected chi connectivity index (χ3v) is 4.36. The van der Waals surface area contributed by atoms with E-state index in [1.165, 1.54) is 18.2 Å². The zero-order chi connectivity index (χ0) is 18.2. The van der Waals surface area contributed by atoms with E-state index in [1.54, 1.807) is 12.1 Å². The molecule has 25 heavy (non-hydrogen) atoms. The van der Waals surface area contributed by atoms with Gasteiger partial charge in [0.1, 0.15) is 0 Å². The number of carbonyl (C=O) groups is 2. The highest BCUT2D eigenvalue weighted by Gasteiger charge is 2.46. The Kier molecular flexibility index (Phi) is 4.10. The summed E-state index contributed by atoms with van der Waals surface area (Å²) in [6, 6.07) is 10.5. The molecular weight excluding hydrogens is 324 g/mol. The van der Waals surface area contributed by atoms with Crippen LogP contribution in [-0.4, -0.2) is 21.7 Å². The van der Waals surface area contributed by atoms with Crippen LogP contribution in [0.2, 0.25) is 0 Å². The van der Waals surface area contributed by atoms with Crippen molar-refractivity contribution in [3.05, 3.63) is 69.3 Å². The number of aryl methyl sites for hydroxylation is 1. The normalized spacial score (nSPS) is 18.6. The number of nitrogens with zero attached hydrogens (tertiary/aromatic N) is 1. The first-order chi connectivity index (χ1) is 11.8. The minimum Gasteiger partial charge on any atom is -0.375 e. The van der Waals surface area contributed by atoms with E-state index in [4.69, 9.17) is 0 Å². The Balaban J connectivity index is 1.95. The van der Waals surface area contributed by atoms with Crippen molar-refractivity contribution in [1.82, 2.24) is 0 Å². The summed E-state index contributed by atoms with van der Waals surface area (Å²) in [5.74, 6) is -1.22. The van der Waals surface area contributed by atoms with E-state index in [1.807, 2.05) is 13.0 Å². The average molecular weight is 340 g/mol. The van der Waals surface area contributed by atoms with Crippen molar-refractivity contribution in [3.8, 4) is 0 Å². The molecule has 2 aromatic carbocycles. The summed E-state index contributed by atoms with van der Waals surface area (Å²) in [6.45, 7) is 1.94. The Bertz CT molecular complexity index is 893. The van der Waals surface area contributed by atoms with Crippen LogP contribution >= 0.6 is 0 Å². The van der Waals surface area contributed by atoms with Crippen LogP contribution in [0.1, 0.15) is 34.8 Å². The largest absolute Gasteiger partial charge is 0.375 e. The topological polar surface area (TPSA) is 110 Å². The number of nitro groups is 1. The number of carbonyl (C=O) groups excluding carboxylic acids is 2. The maximum atomic E-state index is 12.5. The second kappa shape index (κ2) is 6.10. The van der Waals surface area contributed by atoms with Crippen LogP contribution in [0.25, 0.3) is 0 Å². The maximum absolute atomic E-state index is 12.5. The van der Waals surface area contributed by atoms with Crippen LogP contribution in [0, 0.1) is 10.1 Å². The molecule has 0 aliphatic carbocycles. The Morgan fingerprint density at radius 2 is 2.04 bits per heavy atom. The molecule has 7 nitrogen and oxygen atoms in total. The van der Waals surface area contributed by atoms with Gasteiger partial charge in [-0.1, -0.05) is 31.2 Å². The number of nitrogens with one attached hydrogen (secondary N) is 1. The van der Waals surface area contributed by atoms with Crippen molar-refractivity contribution in [2.45, 2.75) is 25.4 Å². The molecule has 7 heteroatoms. The van der Waals surface area contributed by atoms with Crippen LogP contribution < -0.4 is 5.32 Å². The molecule has 2 N–H and O–H groups in total. The lowest BCUT2D eigenvalue weighted by Crippen LogP contribution is -2.36. The van der Waals surface area contributed by atoms with Crippen LogP contribution in [0.4, 0.5) is 11.4 Å². The number of hydrogen-bond donors (Lipinski definition) is 2. The van der Waals surface area contributed by atoms with Crippen molar-refractivity contribution >= 4 is 23.1 Å². The smallest absolute Gasteiger partial charge is 0.270 e. The summed E-state index contributed by atoms with van der Waals surface area (Å²) in [7, 11) is 0. The fourth-order valence-corrected chi connectivity index (χ4v) is 2.91. The molecule has 128 valence electrons. The Hall–Kier alpha value is -3.06. The SMILES string of the molecule is CCc1ccc2c(c1)C(O)(CC(=O)c1cccc([N+](=O)[O-])c1)C(=O)N2. The summed E-state index contributed by atoms with van der Waals surface area (Å²) in [6.07, 6.45) is 0.233. The minimum atomic E-state index is -1.98. The number of ketones is 1. The molecule has 0 spiro atoms. The summed E-state index contributed by atoms with van der Waals surface area (Å²) in [5.41, 5.74) is -0.371. The van der Waals surface area contributed by atoms with Gasteiger partial charge in [0.2, 0.25) is 0 Å². The highest BCUT2D eigenvalue weighted by Crippen LogP contribution is 2.39. The highest BCUT2D eigenvalue weighted by atomic mass is 16.6. The minimum absolute atomic E-state index is 0.0792. The van der Waals surface area contributed by atoms with Gasteiger partial charge >= 0.3 is 0 Å². The number of hydrogen-bond acceptors (Lipinski definition) is 5. The number of amides is 1. The van der Waals surface area contributed by atoms with Gasteiger partial charge in [0, 0.05) is 28.9 Å². The van der Waals surface area contributed by atoms with Crippen LogP contribution in [0.15, 0.2) is 42.5 Å². The molecule has 1 amide bonds. The molecule has 0 saturated heterocycles. The van der Waals surface area contributed by atoms with E-state index >= 15 is 0 Å². The number of non-ortho nitro benzene ring substituents is 1. The van der Waals surface area contributed by atoms with E-state index in [-0.39, 0.29) is 11.3 Å². The molecule has 1 aliphatic rings. The number of fused-ring (bicyclic) bond motifs is 1. The van der Waals surface area contributed by atoms with Gasteiger partial charge in [-0.05, 0) is 18.1 Å². The molecule has 1 atom stereocenters. The van der Waals surface area contributed by atoms with Crippen LogP contribution in [0.5, 0.6) is 0 Å². The van der Waals surface area contributed by atoms with Crippen LogP contribution in [-0.2, 0) is 16.8 Å². The predicted molar refractivity (Wildman–Crippen MR) is 90.4 cm³/mol. The number of Topliss-reactive ketones (excluding diaryl/α,β-unsaturated/α-hetero) is 1. The molecule has 0 aromatic heterocycles. The number of anilines is 1. The van der Waals surface area contributed by atoms with Gasteiger partial charge in [-0.3, -0.25) is 19.7 Å². The Morgan fingerprint density at radius 3 is 2.72 bits per heavy atom. The zero-order valence-corrected chi connectivity index (χ0v) is 13.5.